The standard InChI is InChI=1S/C13H15BrClFN2S/c1-3-8(7-19-2)18-12-4-9(14)10(16)5-11(12)17-13(18)6-15/h4-5,8H,3,6-7H2,1-2H3. The number of fused-ring (bicyclic) bond motifs is 1. The molecule has 2 aromatic rings. The highest BCUT2D eigenvalue weighted by molar-refractivity contribution is 9.10. The van der Waals surface area contributed by atoms with Crippen LogP contribution in [0.4, 0.5) is 4.39 Å². The van der Waals surface area contributed by atoms with E-state index < -0.39 is 0 Å². The van der Waals surface area contributed by atoms with Gasteiger partial charge in [0.1, 0.15) is 11.6 Å². The number of benzene rings is 1. The zero-order valence-electron chi connectivity index (χ0n) is 10.8. The number of halogens is 3. The Kier molecular flexibility index (Phi) is 5.15. The van der Waals surface area contributed by atoms with E-state index in [0.29, 0.717) is 21.9 Å². The SMILES string of the molecule is CCC(CSC)n1c(CCl)nc2cc(F)c(Br)cc21. The van der Waals surface area contributed by atoms with Crippen molar-refractivity contribution in [1.82, 2.24) is 9.55 Å². The third-order valence-electron chi connectivity index (χ3n) is 3.12. The van der Waals surface area contributed by atoms with Crippen molar-refractivity contribution in [3.8, 4) is 0 Å². The fourth-order valence-corrected chi connectivity index (χ4v) is 3.50. The predicted molar refractivity (Wildman–Crippen MR) is 84.7 cm³/mol. The van der Waals surface area contributed by atoms with Gasteiger partial charge in [-0.25, -0.2) is 9.37 Å². The third kappa shape index (κ3) is 2.93. The maximum atomic E-state index is 13.6. The van der Waals surface area contributed by atoms with Gasteiger partial charge in [0.2, 0.25) is 0 Å². The van der Waals surface area contributed by atoms with Crippen LogP contribution in [-0.4, -0.2) is 21.6 Å². The molecule has 0 fully saturated rings. The van der Waals surface area contributed by atoms with E-state index in [1.165, 1.54) is 6.07 Å². The number of thioether (sulfide) groups is 1. The maximum absolute atomic E-state index is 13.6. The minimum absolute atomic E-state index is 0.295. The van der Waals surface area contributed by atoms with Crippen LogP contribution in [0.25, 0.3) is 11.0 Å². The van der Waals surface area contributed by atoms with E-state index in [9.17, 15) is 4.39 Å². The number of nitrogens with zero attached hydrogens (tertiary/aromatic N) is 2. The zero-order valence-corrected chi connectivity index (χ0v) is 13.9. The number of hydrogen-bond acceptors (Lipinski definition) is 2. The molecule has 1 unspecified atom stereocenters. The fraction of sp³-hybridized carbons (Fsp3) is 0.462. The smallest absolute Gasteiger partial charge is 0.139 e. The first-order chi connectivity index (χ1) is 9.12. The second-order valence-electron chi connectivity index (χ2n) is 4.30. The summed E-state index contributed by atoms with van der Waals surface area (Å²) in [5, 5.41) is 0. The summed E-state index contributed by atoms with van der Waals surface area (Å²) < 4.78 is 16.2. The molecule has 0 spiro atoms. The summed E-state index contributed by atoms with van der Waals surface area (Å²) >= 11 is 11.0. The summed E-state index contributed by atoms with van der Waals surface area (Å²) in [7, 11) is 0. The van der Waals surface area contributed by atoms with Crippen molar-refractivity contribution >= 4 is 50.3 Å². The molecular weight excluding hydrogens is 351 g/mol. The van der Waals surface area contributed by atoms with E-state index >= 15 is 0 Å². The molecule has 2 nitrogen and oxygen atoms in total. The molecule has 0 N–H and O–H groups in total. The molecule has 0 saturated carbocycles. The van der Waals surface area contributed by atoms with Gasteiger partial charge in [-0.3, -0.25) is 0 Å². The van der Waals surface area contributed by atoms with Crippen molar-refractivity contribution in [3.05, 3.63) is 28.2 Å². The predicted octanol–water partition coefficient (Wildman–Crippen LogP) is 4.99. The molecule has 19 heavy (non-hydrogen) atoms. The Bertz CT molecular complexity index is 588. The van der Waals surface area contributed by atoms with E-state index in [4.69, 9.17) is 11.6 Å². The lowest BCUT2D eigenvalue weighted by molar-refractivity contribution is 0.538. The Labute approximate surface area is 129 Å². The van der Waals surface area contributed by atoms with Crippen molar-refractivity contribution in [2.24, 2.45) is 0 Å². The second kappa shape index (κ2) is 6.46. The van der Waals surface area contributed by atoms with Gasteiger partial charge in [-0.1, -0.05) is 6.92 Å². The molecule has 6 heteroatoms. The molecule has 1 heterocycles. The summed E-state index contributed by atoms with van der Waals surface area (Å²) in [6, 6.07) is 3.57. The fourth-order valence-electron chi connectivity index (χ4n) is 2.21. The van der Waals surface area contributed by atoms with Crippen LogP contribution < -0.4 is 0 Å². The summed E-state index contributed by atoms with van der Waals surface area (Å²) in [5.41, 5.74) is 1.60. The Morgan fingerprint density at radius 3 is 2.84 bits per heavy atom. The van der Waals surface area contributed by atoms with E-state index in [1.54, 1.807) is 17.8 Å². The third-order valence-corrected chi connectivity index (χ3v) is 4.68. The van der Waals surface area contributed by atoms with Crippen LogP contribution in [0.5, 0.6) is 0 Å². The van der Waals surface area contributed by atoms with E-state index in [0.717, 1.165) is 23.5 Å². The molecule has 1 aromatic carbocycles. The van der Waals surface area contributed by atoms with Gasteiger partial charge in [0.15, 0.2) is 0 Å². The van der Waals surface area contributed by atoms with Crippen molar-refractivity contribution in [2.45, 2.75) is 25.3 Å². The van der Waals surface area contributed by atoms with E-state index in [2.05, 4.69) is 38.7 Å². The molecule has 1 aromatic heterocycles. The van der Waals surface area contributed by atoms with Crippen LogP contribution in [0.1, 0.15) is 25.2 Å². The first-order valence-electron chi connectivity index (χ1n) is 6.03. The number of aromatic nitrogens is 2. The Balaban J connectivity index is 2.65. The number of hydrogen-bond donors (Lipinski definition) is 0. The monoisotopic (exact) mass is 364 g/mol. The van der Waals surface area contributed by atoms with E-state index in [-0.39, 0.29) is 5.82 Å². The lowest BCUT2D eigenvalue weighted by Crippen LogP contribution is -2.13. The Morgan fingerprint density at radius 1 is 1.53 bits per heavy atom. The number of imidazole rings is 1. The molecule has 104 valence electrons. The molecule has 0 amide bonds. The van der Waals surface area contributed by atoms with Gasteiger partial charge in [-0.05, 0) is 34.7 Å². The van der Waals surface area contributed by atoms with Crippen LogP contribution in [-0.2, 0) is 5.88 Å². The largest absolute Gasteiger partial charge is 0.323 e. The number of rotatable bonds is 5. The van der Waals surface area contributed by atoms with Crippen LogP contribution in [0.2, 0.25) is 0 Å². The van der Waals surface area contributed by atoms with Crippen LogP contribution in [0.3, 0.4) is 0 Å². The topological polar surface area (TPSA) is 17.8 Å². The summed E-state index contributed by atoms with van der Waals surface area (Å²) in [5.74, 6) is 1.82. The molecule has 0 bridgehead atoms. The number of alkyl halides is 1. The quantitative estimate of drug-likeness (QED) is 0.695. The van der Waals surface area contributed by atoms with Crippen molar-refractivity contribution in [1.29, 1.82) is 0 Å². The lowest BCUT2D eigenvalue weighted by atomic mass is 10.2. The Morgan fingerprint density at radius 2 is 2.26 bits per heavy atom. The lowest BCUT2D eigenvalue weighted by Gasteiger charge is -2.19. The van der Waals surface area contributed by atoms with Crippen LogP contribution >= 0.6 is 39.3 Å². The summed E-state index contributed by atoms with van der Waals surface area (Å²) in [6.45, 7) is 2.14. The average molecular weight is 366 g/mol. The zero-order chi connectivity index (χ0) is 14.0. The highest BCUT2D eigenvalue weighted by Crippen LogP contribution is 2.29. The second-order valence-corrected chi connectivity index (χ2v) is 6.34. The molecule has 0 radical (unpaired) electrons. The molecule has 0 aliphatic carbocycles. The molecule has 0 saturated heterocycles. The van der Waals surface area contributed by atoms with Crippen molar-refractivity contribution < 1.29 is 4.39 Å². The van der Waals surface area contributed by atoms with Gasteiger partial charge < -0.3 is 4.57 Å². The van der Waals surface area contributed by atoms with E-state index in [1.807, 2.05) is 0 Å². The highest BCUT2D eigenvalue weighted by atomic mass is 79.9. The molecule has 1 atom stereocenters. The van der Waals surface area contributed by atoms with Gasteiger partial charge in [0.05, 0.1) is 21.4 Å². The summed E-state index contributed by atoms with van der Waals surface area (Å²) in [4.78, 5) is 4.45. The molecular formula is C13H15BrClFN2S. The summed E-state index contributed by atoms with van der Waals surface area (Å²) in [6.07, 6.45) is 3.07. The maximum Gasteiger partial charge on any atom is 0.139 e. The molecule has 0 aliphatic heterocycles. The van der Waals surface area contributed by atoms with Gasteiger partial charge in [-0.2, -0.15) is 11.8 Å². The highest BCUT2D eigenvalue weighted by Gasteiger charge is 2.18. The van der Waals surface area contributed by atoms with Crippen LogP contribution in [0.15, 0.2) is 16.6 Å². The van der Waals surface area contributed by atoms with Gasteiger partial charge in [0.25, 0.3) is 0 Å². The van der Waals surface area contributed by atoms with Gasteiger partial charge >= 0.3 is 0 Å². The van der Waals surface area contributed by atoms with Crippen molar-refractivity contribution in [2.75, 3.05) is 12.0 Å². The van der Waals surface area contributed by atoms with Gasteiger partial charge in [-0.15, -0.1) is 11.6 Å². The van der Waals surface area contributed by atoms with Gasteiger partial charge in [0, 0.05) is 17.9 Å². The minimum Gasteiger partial charge on any atom is -0.323 e. The van der Waals surface area contributed by atoms with Crippen LogP contribution in [0, 0.1) is 5.82 Å². The molecule has 0 aliphatic rings. The molecule has 2 rings (SSSR count). The first-order valence-corrected chi connectivity index (χ1v) is 8.75. The average Bonchev–Trinajstić information content (AvgIpc) is 2.74. The normalized spacial score (nSPS) is 13.1. The first kappa shape index (κ1) is 15.1. The Hall–Kier alpha value is -0.260. The van der Waals surface area contributed by atoms with Crippen molar-refractivity contribution in [3.63, 3.8) is 0 Å². The minimum atomic E-state index is -0.295.